The minimum Gasteiger partial charge on any atom is -0.382 e. The second-order valence-electron chi connectivity index (χ2n) is 3.94. The van der Waals surface area contributed by atoms with Crippen molar-refractivity contribution in [3.63, 3.8) is 0 Å². The van der Waals surface area contributed by atoms with Crippen LogP contribution < -0.4 is 5.73 Å². The average molecular weight is 228 g/mol. The molecule has 0 aliphatic heterocycles. The van der Waals surface area contributed by atoms with Crippen LogP contribution in [0.4, 0.5) is 0 Å². The third-order valence-corrected chi connectivity index (χ3v) is 2.70. The Hall–Kier alpha value is -1.71. The van der Waals surface area contributed by atoms with Gasteiger partial charge in [0.1, 0.15) is 6.10 Å². The predicted octanol–water partition coefficient (Wildman–Crippen LogP) is 1.66. The van der Waals surface area contributed by atoms with E-state index in [4.69, 9.17) is 5.73 Å². The number of hydrogen-bond donors (Lipinski definition) is 2. The molecular weight excluding hydrogens is 212 g/mol. The van der Waals surface area contributed by atoms with Crippen LogP contribution in [0.25, 0.3) is 0 Å². The molecule has 1 aromatic heterocycles. The van der Waals surface area contributed by atoms with Gasteiger partial charge in [-0.25, -0.2) is 0 Å². The van der Waals surface area contributed by atoms with Crippen LogP contribution in [0.2, 0.25) is 0 Å². The monoisotopic (exact) mass is 228 g/mol. The molecule has 1 heterocycles. The van der Waals surface area contributed by atoms with Gasteiger partial charge in [-0.2, -0.15) is 0 Å². The van der Waals surface area contributed by atoms with Gasteiger partial charge in [-0.15, -0.1) is 0 Å². The fraction of sp³-hybridized carbons (Fsp3) is 0.214. The van der Waals surface area contributed by atoms with Crippen molar-refractivity contribution in [2.45, 2.75) is 12.5 Å². The van der Waals surface area contributed by atoms with E-state index < -0.39 is 6.10 Å². The molecule has 1 atom stereocenters. The van der Waals surface area contributed by atoms with E-state index in [1.165, 1.54) is 5.56 Å². The van der Waals surface area contributed by atoms with Crippen LogP contribution in [0.15, 0.2) is 48.7 Å². The van der Waals surface area contributed by atoms with Gasteiger partial charge in [-0.05, 0) is 36.2 Å². The summed E-state index contributed by atoms with van der Waals surface area (Å²) in [5.74, 6) is 0. The molecule has 1 aromatic carbocycles. The van der Waals surface area contributed by atoms with Gasteiger partial charge in [-0.1, -0.05) is 30.3 Å². The van der Waals surface area contributed by atoms with E-state index >= 15 is 0 Å². The standard InChI is InChI=1S/C14H16N2O/c15-9-8-11-4-6-12(7-5-11)14(17)13-3-1-2-10-16-13/h1-7,10,14,17H,8-9,15H2. The number of rotatable bonds is 4. The molecule has 1 unspecified atom stereocenters. The Kier molecular flexibility index (Phi) is 3.85. The molecule has 0 saturated carbocycles. The number of nitrogens with two attached hydrogens (primary N) is 1. The third-order valence-electron chi connectivity index (χ3n) is 2.70. The van der Waals surface area contributed by atoms with E-state index in [-0.39, 0.29) is 0 Å². The molecule has 2 aromatic rings. The highest BCUT2D eigenvalue weighted by Gasteiger charge is 2.10. The summed E-state index contributed by atoms with van der Waals surface area (Å²) in [4.78, 5) is 4.14. The van der Waals surface area contributed by atoms with E-state index in [1.807, 2.05) is 42.5 Å². The van der Waals surface area contributed by atoms with Gasteiger partial charge in [0.15, 0.2) is 0 Å². The van der Waals surface area contributed by atoms with Crippen LogP contribution in [0.3, 0.4) is 0 Å². The van der Waals surface area contributed by atoms with Gasteiger partial charge in [0.25, 0.3) is 0 Å². The zero-order valence-electron chi connectivity index (χ0n) is 9.58. The van der Waals surface area contributed by atoms with E-state index in [2.05, 4.69) is 4.98 Å². The average Bonchev–Trinajstić information content (AvgIpc) is 2.40. The largest absolute Gasteiger partial charge is 0.382 e. The van der Waals surface area contributed by atoms with Crippen LogP contribution in [0.5, 0.6) is 0 Å². The number of nitrogens with zero attached hydrogens (tertiary/aromatic N) is 1. The lowest BCUT2D eigenvalue weighted by Crippen LogP contribution is -2.04. The Morgan fingerprint density at radius 3 is 2.47 bits per heavy atom. The summed E-state index contributed by atoms with van der Waals surface area (Å²) in [7, 11) is 0. The first kappa shape index (κ1) is 11.8. The molecule has 88 valence electrons. The Labute approximate surface area is 101 Å². The molecule has 0 spiro atoms. The first-order valence-corrected chi connectivity index (χ1v) is 5.69. The number of hydrogen-bond acceptors (Lipinski definition) is 3. The van der Waals surface area contributed by atoms with E-state index in [9.17, 15) is 5.11 Å². The molecule has 0 saturated heterocycles. The van der Waals surface area contributed by atoms with Crippen molar-refractivity contribution in [3.8, 4) is 0 Å². The molecule has 0 aliphatic rings. The van der Waals surface area contributed by atoms with Crippen molar-refractivity contribution >= 4 is 0 Å². The van der Waals surface area contributed by atoms with Crippen molar-refractivity contribution in [1.29, 1.82) is 0 Å². The van der Waals surface area contributed by atoms with Crippen LogP contribution in [0, 0.1) is 0 Å². The normalized spacial score (nSPS) is 12.4. The zero-order chi connectivity index (χ0) is 12.1. The second kappa shape index (κ2) is 5.57. The second-order valence-corrected chi connectivity index (χ2v) is 3.94. The summed E-state index contributed by atoms with van der Waals surface area (Å²) in [5, 5.41) is 10.1. The van der Waals surface area contributed by atoms with Crippen molar-refractivity contribution in [2.24, 2.45) is 5.73 Å². The van der Waals surface area contributed by atoms with Crippen LogP contribution >= 0.6 is 0 Å². The summed E-state index contributed by atoms with van der Waals surface area (Å²) >= 11 is 0. The zero-order valence-corrected chi connectivity index (χ0v) is 9.58. The highest BCUT2D eigenvalue weighted by molar-refractivity contribution is 5.29. The smallest absolute Gasteiger partial charge is 0.121 e. The van der Waals surface area contributed by atoms with E-state index in [1.54, 1.807) is 6.20 Å². The fourth-order valence-corrected chi connectivity index (χ4v) is 1.74. The summed E-state index contributed by atoms with van der Waals surface area (Å²) in [6, 6.07) is 13.4. The number of benzene rings is 1. The maximum atomic E-state index is 10.1. The molecule has 3 nitrogen and oxygen atoms in total. The highest BCUT2D eigenvalue weighted by Crippen LogP contribution is 2.20. The fourth-order valence-electron chi connectivity index (χ4n) is 1.74. The van der Waals surface area contributed by atoms with Crippen molar-refractivity contribution in [2.75, 3.05) is 6.54 Å². The molecule has 2 rings (SSSR count). The minimum absolute atomic E-state index is 0.641. The van der Waals surface area contributed by atoms with Gasteiger partial charge >= 0.3 is 0 Å². The van der Waals surface area contributed by atoms with Crippen LogP contribution in [-0.2, 0) is 6.42 Å². The number of aliphatic hydroxyl groups excluding tert-OH is 1. The first-order valence-electron chi connectivity index (χ1n) is 5.69. The topological polar surface area (TPSA) is 59.1 Å². The summed E-state index contributed by atoms with van der Waals surface area (Å²) < 4.78 is 0. The predicted molar refractivity (Wildman–Crippen MR) is 67.5 cm³/mol. The maximum Gasteiger partial charge on any atom is 0.121 e. The van der Waals surface area contributed by atoms with E-state index in [0.717, 1.165) is 12.0 Å². The van der Waals surface area contributed by atoms with Gasteiger partial charge in [-0.3, -0.25) is 4.98 Å². The van der Waals surface area contributed by atoms with Crippen molar-refractivity contribution in [1.82, 2.24) is 4.98 Å². The SMILES string of the molecule is NCCc1ccc(C(O)c2ccccn2)cc1. The lowest BCUT2D eigenvalue weighted by molar-refractivity contribution is 0.215. The van der Waals surface area contributed by atoms with E-state index in [0.29, 0.717) is 12.2 Å². The lowest BCUT2D eigenvalue weighted by atomic mass is 10.0. The molecule has 0 amide bonds. The summed E-state index contributed by atoms with van der Waals surface area (Å²) in [6.07, 6.45) is 1.88. The van der Waals surface area contributed by atoms with Crippen LogP contribution in [0.1, 0.15) is 22.9 Å². The Morgan fingerprint density at radius 2 is 1.88 bits per heavy atom. The molecule has 3 N–H and O–H groups in total. The van der Waals surface area contributed by atoms with Gasteiger partial charge in [0.2, 0.25) is 0 Å². The maximum absolute atomic E-state index is 10.1. The van der Waals surface area contributed by atoms with Crippen molar-refractivity contribution in [3.05, 3.63) is 65.5 Å². The quantitative estimate of drug-likeness (QED) is 0.836. The lowest BCUT2D eigenvalue weighted by Gasteiger charge is -2.10. The van der Waals surface area contributed by atoms with Gasteiger partial charge in [0, 0.05) is 6.20 Å². The Morgan fingerprint density at radius 1 is 1.12 bits per heavy atom. The number of pyridine rings is 1. The molecule has 0 aliphatic carbocycles. The number of aliphatic hydroxyl groups is 1. The first-order chi connectivity index (χ1) is 8.31. The Bertz CT molecular complexity index is 453. The molecule has 0 bridgehead atoms. The Balaban J connectivity index is 2.17. The van der Waals surface area contributed by atoms with Crippen LogP contribution in [-0.4, -0.2) is 16.6 Å². The molecular formula is C14H16N2O. The van der Waals surface area contributed by atoms with Gasteiger partial charge < -0.3 is 10.8 Å². The van der Waals surface area contributed by atoms with Gasteiger partial charge in [0.05, 0.1) is 5.69 Å². The summed E-state index contributed by atoms with van der Waals surface area (Å²) in [6.45, 7) is 0.641. The third kappa shape index (κ3) is 2.90. The number of aromatic nitrogens is 1. The molecule has 0 fully saturated rings. The highest BCUT2D eigenvalue weighted by atomic mass is 16.3. The molecule has 17 heavy (non-hydrogen) atoms. The molecule has 3 heteroatoms. The molecule has 0 radical (unpaired) electrons. The minimum atomic E-state index is -0.664. The van der Waals surface area contributed by atoms with Crippen molar-refractivity contribution < 1.29 is 5.11 Å². The summed E-state index contributed by atoms with van der Waals surface area (Å²) in [5.41, 5.74) is 8.19.